The van der Waals surface area contributed by atoms with Crippen LogP contribution >= 0.6 is 0 Å². The van der Waals surface area contributed by atoms with E-state index < -0.39 is 16.6 Å². The fourth-order valence-corrected chi connectivity index (χ4v) is 16.8. The second-order valence-corrected chi connectivity index (χ2v) is 31.6. The smallest absolute Gasteiger partial charge is 0.258 e. The van der Waals surface area contributed by atoms with Crippen LogP contribution < -0.4 is 0 Å². The molecular weight excluding hydrogens is 1480 g/mol. The third-order valence-corrected chi connectivity index (χ3v) is 23.4. The molecule has 7 aliphatic rings. The average Bonchev–Trinajstić information content (AvgIpc) is 1.59. The van der Waals surface area contributed by atoms with Gasteiger partial charge in [0.1, 0.15) is 35.1 Å². The number of rotatable bonds is 24. The minimum Gasteiger partial charge on any atom is -0.381 e. The topological polar surface area (TPSA) is 272 Å². The van der Waals surface area contributed by atoms with Crippen LogP contribution in [0.25, 0.3) is 89.5 Å². The molecule has 7 aliphatic heterocycles. The Morgan fingerprint density at radius 2 is 0.737 bits per heavy atom. The molecule has 9 aromatic carbocycles. The lowest BCUT2D eigenvalue weighted by molar-refractivity contribution is -0.135. The number of ether oxygens (including phenoxy) is 3. The lowest BCUT2D eigenvalue weighted by atomic mass is 9.90. The summed E-state index contributed by atoms with van der Waals surface area (Å²) in [5.41, 5.74) is 20.6. The number of nitrogens with one attached hydrogen (secondary N) is 2. The minimum atomic E-state index is -0.723. The Morgan fingerprint density at radius 3 is 1.12 bits per heavy atom. The van der Waals surface area contributed by atoms with Crippen molar-refractivity contribution in [2.45, 2.75) is 161 Å². The van der Waals surface area contributed by atoms with Crippen LogP contribution in [0, 0.1) is 13.8 Å². The Kier molecular flexibility index (Phi) is 24.3. The molecule has 3 fully saturated rings. The Hall–Kier alpha value is -12.3. The molecular formula is C95H99N17O6. The number of aliphatic imine (C=N–C) groups is 3. The van der Waals surface area contributed by atoms with Gasteiger partial charge in [-0.3, -0.25) is 44.1 Å². The van der Waals surface area contributed by atoms with Gasteiger partial charge in [-0.25, -0.2) is 0 Å². The molecule has 0 bridgehead atoms. The highest BCUT2D eigenvalue weighted by atomic mass is 16.5. The van der Waals surface area contributed by atoms with Crippen molar-refractivity contribution in [3.8, 4) is 89.5 Å². The molecule has 118 heavy (non-hydrogen) atoms. The normalized spacial score (nSPS) is 17.8. The molecule has 3 amide bonds. The molecule has 0 aliphatic carbocycles. The first-order valence-corrected chi connectivity index (χ1v) is 41.6. The summed E-state index contributed by atoms with van der Waals surface area (Å²) in [5.74, 6) is 4.16. The molecule has 23 nitrogen and oxygen atoms in total. The van der Waals surface area contributed by atoms with Gasteiger partial charge in [-0.1, -0.05) is 227 Å². The second kappa shape index (κ2) is 36.1. The number of nitrogens with zero attached hydrogens (tertiary/aromatic N) is 15. The molecule has 3 saturated heterocycles. The van der Waals surface area contributed by atoms with E-state index in [1.807, 2.05) is 26.8 Å². The number of H-pyrrole nitrogens is 2. The van der Waals surface area contributed by atoms with Crippen LogP contribution in [0.5, 0.6) is 0 Å². The monoisotopic (exact) mass is 1570 g/mol. The SMILES string of the molecule is CCCCC1=NC2(CCOC2)C(=O)N1Cc1ccc(-c2cc(-c3cccc(C)c3)ccc2-c2nn[nH]n2)cc1.CCCCC1=NC2(CCOCC2)C(=O)N1Cc1ccc(-c2cc(-c3cccc(C)c3)ccc2-c2nn[nH]n2)cc1.CCCCC1=NC2(CCOCC2)C(=O)N1Cc1ccc(-c2cc(-c3ccccc3)ccc2C2=NN=NC2)cc1. The minimum absolute atomic E-state index is 0.0698. The zero-order chi connectivity index (χ0) is 81.0. The van der Waals surface area contributed by atoms with Crippen molar-refractivity contribution < 1.29 is 28.6 Å². The fourth-order valence-electron chi connectivity index (χ4n) is 16.8. The molecule has 18 rings (SSSR count). The maximum absolute atomic E-state index is 13.7. The van der Waals surface area contributed by atoms with E-state index in [4.69, 9.17) is 29.2 Å². The number of amides is 3. The second-order valence-electron chi connectivity index (χ2n) is 31.6. The average molecular weight is 1570 g/mol. The van der Waals surface area contributed by atoms with Crippen LogP contribution in [0.15, 0.2) is 237 Å². The summed E-state index contributed by atoms with van der Waals surface area (Å²) in [5, 5.41) is 41.8. The first kappa shape index (κ1) is 79.5. The lowest BCUT2D eigenvalue weighted by Crippen LogP contribution is -2.45. The van der Waals surface area contributed by atoms with E-state index in [-0.39, 0.29) is 17.7 Å². The third-order valence-electron chi connectivity index (χ3n) is 23.4. The molecule has 1 unspecified atom stereocenters. The van der Waals surface area contributed by atoms with Crippen LogP contribution in [-0.4, -0.2) is 160 Å². The number of hydrogen-bond acceptors (Lipinski definition) is 18. The molecule has 0 saturated carbocycles. The highest BCUT2D eigenvalue weighted by Crippen LogP contribution is 2.42. The number of aryl methyl sites for hydroxylation is 2. The summed E-state index contributed by atoms with van der Waals surface area (Å²) in [6.07, 6.45) is 12.0. The number of carbonyl (C=O) groups is 3. The number of unbranched alkanes of at least 4 members (excludes halogenated alkanes) is 3. The Labute approximate surface area is 688 Å². The number of aromatic nitrogens is 8. The van der Waals surface area contributed by atoms with Crippen molar-refractivity contribution in [2.24, 2.45) is 30.4 Å². The first-order chi connectivity index (χ1) is 57.8. The number of amidine groups is 3. The van der Waals surface area contributed by atoms with Gasteiger partial charge >= 0.3 is 0 Å². The number of carbonyl (C=O) groups excluding carboxylic acids is 3. The largest absolute Gasteiger partial charge is 0.381 e. The van der Waals surface area contributed by atoms with E-state index >= 15 is 0 Å². The number of hydrogen-bond donors (Lipinski definition) is 2. The zero-order valence-electron chi connectivity index (χ0n) is 67.8. The Bertz CT molecular complexity index is 5550. The molecule has 23 heteroatoms. The number of benzene rings is 9. The standard InChI is InChI=1S/C32H34N6O2.C32H33N5O2.C31H32N6O2/c1-3-4-8-29-33-32(15-17-40-18-16-32)31(39)38(29)21-23-9-11-24(12-10-23)28-20-26(25-7-5-6-22(2)19-25)13-14-27(28)30-34-36-37-35-30;1-2-3-9-30-34-32(16-18-39-19-17-32)31(38)37(30)22-23-10-12-25(13-11-23)28-20-26(24-7-5-4-6-8-24)14-15-27(28)29-21-33-36-35-29;1-3-4-8-28-32-31(15-16-39-20-31)30(38)37(28)19-22-9-11-23(12-10-22)27-18-25(24-7-5-6-21(2)17-24)13-14-26(27)29-33-35-36-34-29/h5-7,9-14,19-20H,3-4,8,15-18,21H2,1-2H3,(H,34,35,36,37);4-8,10-15,20H,2-3,9,16-19,21-22H2,1H3;5-7,9-14,17-18H,3-4,8,15-16,19-20H2,1-2H3,(H,33,34,35,36). The predicted octanol–water partition coefficient (Wildman–Crippen LogP) is 18.3. The molecule has 2 aromatic heterocycles. The van der Waals surface area contributed by atoms with Crippen LogP contribution in [-0.2, 0) is 48.2 Å². The van der Waals surface area contributed by atoms with Crippen molar-refractivity contribution >= 4 is 40.9 Å². The quantitative estimate of drug-likeness (QED) is 0.0572. The van der Waals surface area contributed by atoms with Crippen molar-refractivity contribution in [3.05, 3.63) is 240 Å². The van der Waals surface area contributed by atoms with E-state index in [9.17, 15) is 14.4 Å². The van der Waals surface area contributed by atoms with Gasteiger partial charge in [-0.2, -0.15) is 15.5 Å². The third kappa shape index (κ3) is 17.3. The van der Waals surface area contributed by atoms with E-state index in [0.717, 1.165) is 181 Å². The van der Waals surface area contributed by atoms with Crippen molar-refractivity contribution in [3.63, 3.8) is 0 Å². The predicted molar refractivity (Wildman–Crippen MR) is 460 cm³/mol. The van der Waals surface area contributed by atoms with E-state index in [2.05, 4.69) is 285 Å². The summed E-state index contributed by atoms with van der Waals surface area (Å²) in [6, 6.07) is 71.8. The molecule has 11 aromatic rings. The Balaban J connectivity index is 0.000000132. The van der Waals surface area contributed by atoms with Crippen LogP contribution in [0.4, 0.5) is 0 Å². The molecule has 600 valence electrons. The van der Waals surface area contributed by atoms with Gasteiger partial charge in [0.05, 0.1) is 32.0 Å². The highest BCUT2D eigenvalue weighted by molar-refractivity contribution is 6.11. The number of aromatic amines is 2. The highest BCUT2D eigenvalue weighted by Gasteiger charge is 2.52. The van der Waals surface area contributed by atoms with Gasteiger partial charge in [-0.05, 0) is 163 Å². The molecule has 1 atom stereocenters. The summed E-state index contributed by atoms with van der Waals surface area (Å²) in [4.78, 5) is 61.4. The molecule has 9 heterocycles. The molecule has 0 radical (unpaired) electrons. The molecule has 2 N–H and O–H groups in total. The van der Waals surface area contributed by atoms with Gasteiger partial charge in [0, 0.05) is 101 Å². The lowest BCUT2D eigenvalue weighted by Gasteiger charge is -2.29. The summed E-state index contributed by atoms with van der Waals surface area (Å²) < 4.78 is 16.7. The van der Waals surface area contributed by atoms with E-state index in [0.29, 0.717) is 110 Å². The Morgan fingerprint density at radius 1 is 0.373 bits per heavy atom. The maximum Gasteiger partial charge on any atom is 0.258 e. The van der Waals surface area contributed by atoms with Crippen LogP contribution in [0.2, 0.25) is 0 Å². The summed E-state index contributed by atoms with van der Waals surface area (Å²) in [6.45, 7) is 16.1. The van der Waals surface area contributed by atoms with Crippen molar-refractivity contribution in [1.82, 2.24) is 55.9 Å². The van der Waals surface area contributed by atoms with Crippen LogP contribution in [0.1, 0.15) is 144 Å². The van der Waals surface area contributed by atoms with Gasteiger partial charge in [0.15, 0.2) is 5.54 Å². The summed E-state index contributed by atoms with van der Waals surface area (Å²) in [7, 11) is 0. The van der Waals surface area contributed by atoms with E-state index in [1.165, 1.54) is 11.1 Å². The zero-order valence-corrected chi connectivity index (χ0v) is 67.8. The van der Waals surface area contributed by atoms with Gasteiger partial charge < -0.3 is 14.2 Å². The fraction of sp³-hybridized carbons (Fsp3) is 0.337. The van der Waals surface area contributed by atoms with Crippen LogP contribution in [0.3, 0.4) is 0 Å². The maximum atomic E-state index is 13.7. The van der Waals surface area contributed by atoms with Crippen molar-refractivity contribution in [1.29, 1.82) is 0 Å². The first-order valence-electron chi connectivity index (χ1n) is 41.6. The van der Waals surface area contributed by atoms with Gasteiger partial charge in [-0.15, -0.1) is 25.5 Å². The van der Waals surface area contributed by atoms with Gasteiger partial charge in [0.25, 0.3) is 17.7 Å². The molecule has 3 spiro atoms. The summed E-state index contributed by atoms with van der Waals surface area (Å²) >= 11 is 0. The van der Waals surface area contributed by atoms with Crippen molar-refractivity contribution in [2.75, 3.05) is 46.2 Å². The van der Waals surface area contributed by atoms with E-state index in [1.54, 1.807) is 0 Å². The van der Waals surface area contributed by atoms with Gasteiger partial charge in [0.2, 0.25) is 11.6 Å². The number of tetrazole rings is 2.